The van der Waals surface area contributed by atoms with Crippen molar-refractivity contribution in [3.8, 4) is 44.5 Å². The molecule has 0 unspecified atom stereocenters. The summed E-state index contributed by atoms with van der Waals surface area (Å²) in [6.45, 7) is 9.71. The second-order valence-electron chi connectivity index (χ2n) is 21.0. The smallest absolute Gasteiger partial charge is 0.343 e. The van der Waals surface area contributed by atoms with E-state index in [1.54, 1.807) is 0 Å². The van der Waals surface area contributed by atoms with Gasteiger partial charge in [0.1, 0.15) is 5.58 Å². The molecule has 15 rings (SSSR count). The second-order valence-corrected chi connectivity index (χ2v) is 22.1. The Morgan fingerprint density at radius 2 is 1.07 bits per heavy atom. The van der Waals surface area contributed by atoms with Gasteiger partial charge in [0.05, 0.1) is 11.4 Å². The van der Waals surface area contributed by atoms with Crippen molar-refractivity contribution in [2.24, 2.45) is 0 Å². The maximum absolute atomic E-state index is 7.26. The van der Waals surface area contributed by atoms with Gasteiger partial charge >= 0.3 is 6.85 Å². The third-order valence-electron chi connectivity index (χ3n) is 16.2. The molecule has 69 heavy (non-hydrogen) atoms. The number of para-hydroxylation sites is 1. The van der Waals surface area contributed by atoms with Gasteiger partial charge in [-0.2, -0.15) is 0 Å². The number of nitrogens with zero attached hydrogens (tertiary/aromatic N) is 2. The highest BCUT2D eigenvalue weighted by molar-refractivity contribution is 7.32. The molecule has 5 heteroatoms. The average molecular weight is 903 g/mol. The van der Waals surface area contributed by atoms with Crippen LogP contribution in [0.1, 0.15) is 51.7 Å². The molecule has 0 N–H and O–H groups in total. The van der Waals surface area contributed by atoms with E-state index in [1.807, 2.05) is 11.3 Å². The number of thiophene rings is 1. The molecule has 9 aromatic carbocycles. The average Bonchev–Trinajstić information content (AvgIpc) is 4.07. The van der Waals surface area contributed by atoms with Crippen LogP contribution in [0, 0.1) is 0 Å². The molecular weight excluding hydrogens is 856 g/mol. The molecule has 5 heterocycles. The van der Waals surface area contributed by atoms with E-state index in [0.717, 1.165) is 39.7 Å². The first-order chi connectivity index (χ1) is 33.7. The Morgan fingerprint density at radius 1 is 0.478 bits per heavy atom. The van der Waals surface area contributed by atoms with Crippen LogP contribution >= 0.6 is 11.3 Å². The lowest BCUT2D eigenvalue weighted by Crippen LogP contribution is -2.55. The molecule has 0 atom stereocenters. The Balaban J connectivity index is 1.12. The lowest BCUT2D eigenvalue weighted by atomic mass is 9.48. The monoisotopic (exact) mass is 902 g/mol. The predicted molar refractivity (Wildman–Crippen MR) is 294 cm³/mol. The lowest BCUT2D eigenvalue weighted by Gasteiger charge is -2.42. The van der Waals surface area contributed by atoms with Crippen molar-refractivity contribution in [1.29, 1.82) is 0 Å². The zero-order valence-corrected chi connectivity index (χ0v) is 39.9. The van der Waals surface area contributed by atoms with E-state index in [4.69, 9.17) is 4.42 Å². The van der Waals surface area contributed by atoms with Crippen molar-refractivity contribution in [2.45, 2.75) is 51.4 Å². The fourth-order valence-electron chi connectivity index (χ4n) is 12.6. The van der Waals surface area contributed by atoms with E-state index >= 15 is 0 Å². The molecule has 3 aliphatic rings. The van der Waals surface area contributed by atoms with Crippen LogP contribution in [-0.4, -0.2) is 11.3 Å². The van der Waals surface area contributed by atoms with E-state index in [1.165, 1.54) is 110 Å². The molecule has 0 spiro atoms. The molecule has 0 saturated heterocycles. The first-order valence-corrected chi connectivity index (χ1v) is 25.3. The normalized spacial score (nSPS) is 15.3. The fourth-order valence-corrected chi connectivity index (χ4v) is 13.9. The van der Waals surface area contributed by atoms with Crippen LogP contribution < -0.4 is 15.1 Å². The van der Waals surface area contributed by atoms with Gasteiger partial charge in [0.25, 0.3) is 0 Å². The van der Waals surface area contributed by atoms with Crippen molar-refractivity contribution in [3.63, 3.8) is 0 Å². The van der Waals surface area contributed by atoms with Gasteiger partial charge in [0.2, 0.25) is 0 Å². The summed E-state index contributed by atoms with van der Waals surface area (Å²) in [6, 6.07) is 70.3. The summed E-state index contributed by atoms with van der Waals surface area (Å²) in [5, 5.41) is 6.15. The van der Waals surface area contributed by atoms with Gasteiger partial charge in [0, 0.05) is 58.7 Å². The third kappa shape index (κ3) is 5.51. The quantitative estimate of drug-likeness (QED) is 0.164. The number of rotatable bonds is 4. The van der Waals surface area contributed by atoms with Gasteiger partial charge in [-0.3, -0.25) is 0 Å². The van der Waals surface area contributed by atoms with Crippen LogP contribution in [0.15, 0.2) is 192 Å². The Hall–Kier alpha value is -7.60. The van der Waals surface area contributed by atoms with E-state index in [2.05, 4.69) is 225 Å². The molecule has 3 nitrogen and oxygen atoms in total. The van der Waals surface area contributed by atoms with Gasteiger partial charge in [-0.1, -0.05) is 155 Å². The van der Waals surface area contributed by atoms with Crippen LogP contribution in [0.2, 0.25) is 0 Å². The first-order valence-electron chi connectivity index (χ1n) is 24.5. The summed E-state index contributed by atoms with van der Waals surface area (Å²) < 4.78 is 12.7. The maximum atomic E-state index is 7.26. The number of hydrogen-bond acceptors (Lipinski definition) is 3. The van der Waals surface area contributed by atoms with Crippen molar-refractivity contribution >= 4 is 99.3 Å². The first kappa shape index (κ1) is 39.4. The molecule has 0 bridgehead atoms. The van der Waals surface area contributed by atoms with Crippen LogP contribution in [0.25, 0.3) is 98.3 Å². The van der Waals surface area contributed by atoms with E-state index in [9.17, 15) is 0 Å². The summed E-state index contributed by atoms with van der Waals surface area (Å²) in [6.07, 6.45) is 2.33. The van der Waals surface area contributed by atoms with Crippen molar-refractivity contribution in [1.82, 2.24) is 4.48 Å². The SMILES string of the molecule is CC1(C)CCC(C)(C)c2cc3c4c(sc3cc21)B1c2c(cc3c(oc5ccccc53)c2N4c2ccc(-c3ccccc3)cc2)-c2cc(-c3ccccc3)cc3c4cc(-c5ccccc5)ccc4n1c23. The third-order valence-corrected chi connectivity index (χ3v) is 17.4. The van der Waals surface area contributed by atoms with E-state index in [0.29, 0.717) is 0 Å². The highest BCUT2D eigenvalue weighted by atomic mass is 32.1. The Morgan fingerprint density at radius 3 is 1.78 bits per heavy atom. The zero-order chi connectivity index (χ0) is 45.9. The number of fused-ring (bicyclic) bond motifs is 14. The summed E-state index contributed by atoms with van der Waals surface area (Å²) in [5.74, 6) is 0. The predicted octanol–water partition coefficient (Wildman–Crippen LogP) is 16.7. The number of benzene rings is 9. The highest BCUT2D eigenvalue weighted by Crippen LogP contribution is 2.55. The summed E-state index contributed by atoms with van der Waals surface area (Å²) >= 11 is 2.00. The van der Waals surface area contributed by atoms with Gasteiger partial charge in [0.15, 0.2) is 5.58 Å². The highest BCUT2D eigenvalue weighted by Gasteiger charge is 2.47. The molecule has 0 fully saturated rings. The molecule has 328 valence electrons. The maximum Gasteiger partial charge on any atom is 0.343 e. The molecule has 12 aromatic rings. The van der Waals surface area contributed by atoms with Crippen LogP contribution in [0.3, 0.4) is 0 Å². The van der Waals surface area contributed by atoms with Gasteiger partial charge in [-0.05, 0) is 140 Å². The Kier molecular flexibility index (Phi) is 7.99. The standard InChI is InChI=1S/C64H47BN2OS/c1-63(2)30-31-64(3,4)53-37-56-51(36-52(53)63)59-62(69-56)65-57-47(35-50-45-22-14-15-23-55(45)68-61(50)60(57)66(59)44-27-24-41(25-28-44)38-16-8-5-9-17-38)49-34-43(40-20-12-7-13-21-40)33-48-46-32-42(39-18-10-6-11-19-39)26-29-54(46)67(65)58(48)49/h5-29,32-37H,30-31H2,1-4H3. The van der Waals surface area contributed by atoms with Crippen molar-refractivity contribution < 1.29 is 4.42 Å². The minimum atomic E-state index is -0.115. The Labute approximate surface area is 406 Å². The lowest BCUT2D eigenvalue weighted by molar-refractivity contribution is 0.332. The van der Waals surface area contributed by atoms with Crippen LogP contribution in [-0.2, 0) is 10.8 Å². The molecule has 2 aliphatic heterocycles. The number of furan rings is 1. The number of aromatic nitrogens is 1. The molecule has 0 radical (unpaired) electrons. The largest absolute Gasteiger partial charge is 0.454 e. The summed E-state index contributed by atoms with van der Waals surface area (Å²) in [5.41, 5.74) is 22.1. The van der Waals surface area contributed by atoms with Gasteiger partial charge < -0.3 is 13.8 Å². The topological polar surface area (TPSA) is 21.3 Å². The molecule has 0 saturated carbocycles. The van der Waals surface area contributed by atoms with Gasteiger partial charge in [-0.15, -0.1) is 11.3 Å². The van der Waals surface area contributed by atoms with Crippen molar-refractivity contribution in [3.05, 3.63) is 199 Å². The van der Waals surface area contributed by atoms with Crippen LogP contribution in [0.5, 0.6) is 0 Å². The summed E-state index contributed by atoms with van der Waals surface area (Å²) in [4.78, 5) is 2.61. The zero-order valence-electron chi connectivity index (χ0n) is 39.1. The summed E-state index contributed by atoms with van der Waals surface area (Å²) in [7, 11) is 0. The minimum Gasteiger partial charge on any atom is -0.454 e. The van der Waals surface area contributed by atoms with E-state index in [-0.39, 0.29) is 17.7 Å². The van der Waals surface area contributed by atoms with Crippen molar-refractivity contribution in [2.75, 3.05) is 4.90 Å². The Bertz CT molecular complexity index is 4120. The minimum absolute atomic E-state index is 0.0429. The molecule has 3 aromatic heterocycles. The second kappa shape index (κ2) is 14.0. The molecule has 0 amide bonds. The number of hydrogen-bond donors (Lipinski definition) is 0. The van der Waals surface area contributed by atoms with Gasteiger partial charge in [-0.25, -0.2) is 0 Å². The molecular formula is C64H47BN2OS. The number of anilines is 3. The van der Waals surface area contributed by atoms with E-state index < -0.39 is 0 Å². The molecule has 1 aliphatic carbocycles. The van der Waals surface area contributed by atoms with Crippen LogP contribution in [0.4, 0.5) is 17.1 Å². The fraction of sp³-hybridized carbons (Fsp3) is 0.125.